The van der Waals surface area contributed by atoms with Gasteiger partial charge in [0.25, 0.3) is 0 Å². The molecule has 1 fully saturated rings. The molecular formula is C30H34FN9. The smallest absolute Gasteiger partial charge is 0.225 e. The fourth-order valence-corrected chi connectivity index (χ4v) is 4.66. The van der Waals surface area contributed by atoms with Crippen LogP contribution >= 0.6 is 0 Å². The topological polar surface area (TPSA) is 121 Å². The van der Waals surface area contributed by atoms with E-state index < -0.39 is 0 Å². The number of imidazole rings is 1. The van der Waals surface area contributed by atoms with Crippen LogP contribution in [0.2, 0.25) is 0 Å². The van der Waals surface area contributed by atoms with Crippen molar-refractivity contribution in [3.05, 3.63) is 84.2 Å². The largest absolute Gasteiger partial charge is 0.384 e. The predicted octanol–water partition coefficient (Wildman–Crippen LogP) is 4.26. The maximum absolute atomic E-state index is 13.3. The van der Waals surface area contributed by atoms with E-state index in [1.807, 2.05) is 37.4 Å². The van der Waals surface area contributed by atoms with Crippen LogP contribution in [-0.2, 0) is 6.42 Å². The standard InChI is InChI=1S/C30H34FN9/c1-33-23-14-17-40(20-23)30-35-16-13-26(39-30)24-9-5-10-25(37-24)27-19-36-29(38-27)12-11-28(32)34-15-3-2-6-21-7-4-8-22(31)18-21/h4-5,7-13,16,18-19,23,33H,2-3,6,14-15,17,20H2,1H3,(H2,32,34)(H,36,38)/b12-11-/t23-/m1/s1. The van der Waals surface area contributed by atoms with Gasteiger partial charge in [0.05, 0.1) is 29.0 Å². The number of nitrogens with one attached hydrogen (secondary N) is 2. The molecule has 1 saturated heterocycles. The van der Waals surface area contributed by atoms with Gasteiger partial charge >= 0.3 is 0 Å². The van der Waals surface area contributed by atoms with Gasteiger partial charge in [0, 0.05) is 31.9 Å². The molecule has 5 rings (SSSR count). The Morgan fingerprint density at radius 2 is 1.98 bits per heavy atom. The third-order valence-electron chi connectivity index (χ3n) is 6.87. The van der Waals surface area contributed by atoms with E-state index in [0.29, 0.717) is 24.2 Å². The summed E-state index contributed by atoms with van der Waals surface area (Å²) in [7, 11) is 1.99. The fourth-order valence-electron chi connectivity index (χ4n) is 4.66. The Morgan fingerprint density at radius 3 is 2.83 bits per heavy atom. The van der Waals surface area contributed by atoms with Crippen molar-refractivity contribution in [2.75, 3.05) is 31.6 Å². The monoisotopic (exact) mass is 539 g/mol. The number of pyridine rings is 1. The molecule has 1 aliphatic rings. The summed E-state index contributed by atoms with van der Waals surface area (Å²) < 4.78 is 13.3. The Labute approximate surface area is 233 Å². The number of nitrogens with two attached hydrogens (primary N) is 1. The normalized spacial score (nSPS) is 15.8. The molecule has 4 aromatic rings. The van der Waals surface area contributed by atoms with Gasteiger partial charge in [-0.05, 0) is 80.8 Å². The number of amidine groups is 1. The van der Waals surface area contributed by atoms with E-state index in [2.05, 4.69) is 30.2 Å². The lowest BCUT2D eigenvalue weighted by atomic mass is 10.1. The Morgan fingerprint density at radius 1 is 1.12 bits per heavy atom. The average molecular weight is 540 g/mol. The summed E-state index contributed by atoms with van der Waals surface area (Å²) in [6, 6.07) is 14.9. The number of aryl methyl sites for hydroxylation is 1. The van der Waals surface area contributed by atoms with Crippen molar-refractivity contribution in [1.29, 1.82) is 0 Å². The predicted molar refractivity (Wildman–Crippen MR) is 157 cm³/mol. The first-order valence-corrected chi connectivity index (χ1v) is 13.6. The van der Waals surface area contributed by atoms with E-state index in [-0.39, 0.29) is 5.82 Å². The van der Waals surface area contributed by atoms with Crippen molar-refractivity contribution in [3.8, 4) is 22.8 Å². The van der Waals surface area contributed by atoms with E-state index in [0.717, 1.165) is 73.1 Å². The van der Waals surface area contributed by atoms with Crippen LogP contribution in [0.25, 0.3) is 28.9 Å². The van der Waals surface area contributed by atoms with Crippen LogP contribution in [0.3, 0.4) is 0 Å². The van der Waals surface area contributed by atoms with E-state index in [4.69, 9.17) is 15.7 Å². The molecule has 0 spiro atoms. The first-order valence-electron chi connectivity index (χ1n) is 13.6. The van der Waals surface area contributed by atoms with Gasteiger partial charge < -0.3 is 20.9 Å². The molecule has 0 bridgehead atoms. The molecular weight excluding hydrogens is 505 g/mol. The highest BCUT2D eigenvalue weighted by atomic mass is 19.1. The minimum atomic E-state index is -0.199. The lowest BCUT2D eigenvalue weighted by molar-refractivity contribution is 0.616. The van der Waals surface area contributed by atoms with Crippen LogP contribution in [0.4, 0.5) is 10.3 Å². The second-order valence-corrected chi connectivity index (χ2v) is 9.78. The van der Waals surface area contributed by atoms with Crippen molar-refractivity contribution in [2.24, 2.45) is 10.7 Å². The third kappa shape index (κ3) is 7.15. The second kappa shape index (κ2) is 13.1. The van der Waals surface area contributed by atoms with Crippen LogP contribution in [0, 0.1) is 5.82 Å². The summed E-state index contributed by atoms with van der Waals surface area (Å²) in [5, 5.41) is 3.33. The van der Waals surface area contributed by atoms with Crippen LogP contribution < -0.4 is 16.0 Å². The fraction of sp³-hybridized carbons (Fsp3) is 0.300. The number of rotatable bonds is 11. The number of aromatic amines is 1. The van der Waals surface area contributed by atoms with Crippen molar-refractivity contribution in [1.82, 2.24) is 30.2 Å². The summed E-state index contributed by atoms with van der Waals surface area (Å²) in [4.78, 5) is 28.4. The maximum Gasteiger partial charge on any atom is 0.225 e. The zero-order chi connectivity index (χ0) is 27.7. The Hall–Kier alpha value is -4.44. The molecule has 0 saturated carbocycles. The first-order chi connectivity index (χ1) is 19.6. The number of nitrogens with zero attached hydrogens (tertiary/aromatic N) is 6. The lowest BCUT2D eigenvalue weighted by Crippen LogP contribution is -2.30. The molecule has 4 heterocycles. The second-order valence-electron chi connectivity index (χ2n) is 9.78. The molecule has 1 aliphatic heterocycles. The van der Waals surface area contributed by atoms with Gasteiger partial charge in [-0.3, -0.25) is 4.99 Å². The Balaban J connectivity index is 1.17. The van der Waals surface area contributed by atoms with Crippen LogP contribution in [0.15, 0.2) is 72.0 Å². The van der Waals surface area contributed by atoms with Gasteiger partial charge in [0.15, 0.2) is 0 Å². The number of aliphatic imine (C=N–C) groups is 1. The maximum atomic E-state index is 13.3. The molecule has 40 heavy (non-hydrogen) atoms. The molecule has 9 nitrogen and oxygen atoms in total. The van der Waals surface area contributed by atoms with E-state index in [1.165, 1.54) is 6.07 Å². The number of hydrogen-bond acceptors (Lipinski definition) is 7. The quantitative estimate of drug-likeness (QED) is 0.148. The van der Waals surface area contributed by atoms with Crippen LogP contribution in [0.1, 0.15) is 30.7 Å². The van der Waals surface area contributed by atoms with Crippen molar-refractivity contribution in [3.63, 3.8) is 0 Å². The number of hydrogen-bond donors (Lipinski definition) is 3. The Kier molecular flexibility index (Phi) is 8.87. The molecule has 4 N–H and O–H groups in total. The minimum Gasteiger partial charge on any atom is -0.384 e. The summed E-state index contributed by atoms with van der Waals surface area (Å²) in [6.07, 6.45) is 10.8. The third-order valence-corrected chi connectivity index (χ3v) is 6.87. The number of aromatic nitrogens is 5. The van der Waals surface area contributed by atoms with Crippen molar-refractivity contribution < 1.29 is 4.39 Å². The number of benzene rings is 1. The molecule has 206 valence electrons. The average Bonchev–Trinajstić information content (AvgIpc) is 3.66. The highest BCUT2D eigenvalue weighted by molar-refractivity contribution is 5.94. The summed E-state index contributed by atoms with van der Waals surface area (Å²) in [6.45, 7) is 2.44. The molecule has 0 unspecified atom stereocenters. The minimum absolute atomic E-state index is 0.199. The Bertz CT molecular complexity index is 1480. The molecule has 1 aromatic carbocycles. The van der Waals surface area contributed by atoms with Crippen LogP contribution in [0.5, 0.6) is 0 Å². The first kappa shape index (κ1) is 27.1. The highest BCUT2D eigenvalue weighted by Crippen LogP contribution is 2.23. The number of unbranched alkanes of at least 4 members (excludes halogenated alkanes) is 1. The SMILES string of the molecule is CN[C@@H]1CCN(c2nccc(-c3cccc(-c4cnc(/C=C\C(N)=NCCCCc5cccc(F)c5)[nH]4)n3)n2)C1. The molecule has 1 atom stereocenters. The number of likely N-dealkylation sites (N-methyl/N-ethyl adjacent to an activating group) is 1. The van der Waals surface area contributed by atoms with Crippen LogP contribution in [-0.4, -0.2) is 63.5 Å². The molecule has 10 heteroatoms. The zero-order valence-corrected chi connectivity index (χ0v) is 22.6. The van der Waals surface area contributed by atoms with Gasteiger partial charge in [-0.1, -0.05) is 18.2 Å². The lowest BCUT2D eigenvalue weighted by Gasteiger charge is -2.16. The number of H-pyrrole nitrogens is 1. The molecule has 3 aromatic heterocycles. The molecule has 0 aliphatic carbocycles. The van der Waals surface area contributed by atoms with Gasteiger partial charge in [-0.15, -0.1) is 0 Å². The summed E-state index contributed by atoms with van der Waals surface area (Å²) in [5.74, 6) is 1.61. The van der Waals surface area contributed by atoms with Gasteiger partial charge in [-0.25, -0.2) is 24.3 Å². The van der Waals surface area contributed by atoms with E-state index in [9.17, 15) is 4.39 Å². The van der Waals surface area contributed by atoms with Crippen molar-refractivity contribution in [2.45, 2.75) is 31.7 Å². The zero-order valence-electron chi connectivity index (χ0n) is 22.6. The summed E-state index contributed by atoms with van der Waals surface area (Å²) in [5.41, 5.74) is 10.2. The van der Waals surface area contributed by atoms with Gasteiger partial charge in [0.1, 0.15) is 17.5 Å². The number of anilines is 1. The van der Waals surface area contributed by atoms with E-state index in [1.54, 1.807) is 36.7 Å². The van der Waals surface area contributed by atoms with Crippen molar-refractivity contribution >= 4 is 17.9 Å². The van der Waals surface area contributed by atoms with Gasteiger partial charge in [0.2, 0.25) is 5.95 Å². The van der Waals surface area contributed by atoms with E-state index >= 15 is 0 Å². The highest BCUT2D eigenvalue weighted by Gasteiger charge is 2.23. The number of halogens is 1. The summed E-state index contributed by atoms with van der Waals surface area (Å²) >= 11 is 0. The molecule has 0 radical (unpaired) electrons. The molecule has 0 amide bonds. The van der Waals surface area contributed by atoms with Gasteiger partial charge in [-0.2, -0.15) is 0 Å².